The van der Waals surface area contributed by atoms with Crippen molar-refractivity contribution in [2.45, 2.75) is 33.3 Å². The molecule has 90 valence electrons. The van der Waals surface area contributed by atoms with Crippen molar-refractivity contribution in [3.8, 4) is 11.4 Å². The minimum absolute atomic E-state index is 0.252. The Kier molecular flexibility index (Phi) is 2.83. The number of benzene rings is 1. The van der Waals surface area contributed by atoms with Crippen LogP contribution in [0.3, 0.4) is 0 Å². The van der Waals surface area contributed by atoms with Crippen LogP contribution in [0.5, 0.6) is 5.75 Å². The smallest absolute Gasteiger partial charge is 0.153 e. The summed E-state index contributed by atoms with van der Waals surface area (Å²) in [5.41, 5.74) is 0.600. The lowest BCUT2D eigenvalue weighted by Crippen LogP contribution is -2.24. The van der Waals surface area contributed by atoms with Crippen molar-refractivity contribution in [3.05, 3.63) is 30.1 Å². The van der Waals surface area contributed by atoms with Crippen LogP contribution < -0.4 is 4.74 Å². The molecule has 0 saturated carbocycles. The first-order valence-electron chi connectivity index (χ1n) is 5.51. The van der Waals surface area contributed by atoms with Crippen molar-refractivity contribution in [1.82, 2.24) is 20.2 Å². The molecule has 1 aromatic heterocycles. The van der Waals surface area contributed by atoms with E-state index in [0.717, 1.165) is 17.3 Å². The number of aryl methyl sites for hydroxylation is 1. The Balaban J connectivity index is 2.45. The molecule has 0 aliphatic carbocycles. The first-order valence-corrected chi connectivity index (χ1v) is 5.51. The van der Waals surface area contributed by atoms with Crippen molar-refractivity contribution in [2.75, 3.05) is 0 Å². The summed E-state index contributed by atoms with van der Waals surface area (Å²) < 4.78 is 7.56. The lowest BCUT2D eigenvalue weighted by atomic mass is 10.2. The SMILES string of the molecule is Cc1nnnn1-c1ccccc1OC(C)(C)C. The zero-order valence-corrected chi connectivity index (χ0v) is 10.5. The monoisotopic (exact) mass is 232 g/mol. The minimum Gasteiger partial charge on any atom is -0.486 e. The molecule has 1 heterocycles. The normalized spacial score (nSPS) is 11.5. The number of hydrogen-bond acceptors (Lipinski definition) is 4. The second kappa shape index (κ2) is 4.16. The highest BCUT2D eigenvalue weighted by atomic mass is 16.5. The van der Waals surface area contributed by atoms with E-state index in [-0.39, 0.29) is 5.60 Å². The molecule has 0 aliphatic rings. The van der Waals surface area contributed by atoms with Gasteiger partial charge in [-0.3, -0.25) is 0 Å². The van der Waals surface area contributed by atoms with Gasteiger partial charge in [0.2, 0.25) is 0 Å². The number of para-hydroxylation sites is 2. The van der Waals surface area contributed by atoms with Gasteiger partial charge in [-0.2, -0.15) is 4.68 Å². The molecule has 0 saturated heterocycles. The first kappa shape index (κ1) is 11.6. The lowest BCUT2D eigenvalue weighted by molar-refractivity contribution is 0.130. The van der Waals surface area contributed by atoms with Gasteiger partial charge in [0, 0.05) is 0 Å². The Bertz CT molecular complexity index is 513. The van der Waals surface area contributed by atoms with Crippen LogP contribution >= 0.6 is 0 Å². The van der Waals surface area contributed by atoms with Crippen LogP contribution in [0, 0.1) is 6.92 Å². The Labute approximate surface area is 100 Å². The summed E-state index contributed by atoms with van der Waals surface area (Å²) in [6, 6.07) is 7.72. The molecule has 2 rings (SSSR count). The molecule has 0 amide bonds. The van der Waals surface area contributed by atoms with Gasteiger partial charge in [0.15, 0.2) is 5.82 Å². The summed E-state index contributed by atoms with van der Waals surface area (Å²) in [6.07, 6.45) is 0. The van der Waals surface area contributed by atoms with Crippen LogP contribution in [-0.2, 0) is 0 Å². The fraction of sp³-hybridized carbons (Fsp3) is 0.417. The molecule has 5 nitrogen and oxygen atoms in total. The molecule has 0 unspecified atom stereocenters. The van der Waals surface area contributed by atoms with Crippen molar-refractivity contribution in [1.29, 1.82) is 0 Å². The van der Waals surface area contributed by atoms with Crippen LogP contribution in [-0.4, -0.2) is 25.8 Å². The van der Waals surface area contributed by atoms with Crippen molar-refractivity contribution in [2.24, 2.45) is 0 Å². The third-order valence-corrected chi connectivity index (χ3v) is 2.13. The number of ether oxygens (including phenoxy) is 1. The van der Waals surface area contributed by atoms with E-state index in [4.69, 9.17) is 4.74 Å². The largest absolute Gasteiger partial charge is 0.486 e. The summed E-state index contributed by atoms with van der Waals surface area (Å²) in [6.45, 7) is 7.89. The highest BCUT2D eigenvalue weighted by Gasteiger charge is 2.16. The summed E-state index contributed by atoms with van der Waals surface area (Å²) >= 11 is 0. The highest BCUT2D eigenvalue weighted by molar-refractivity contribution is 5.46. The molecule has 0 atom stereocenters. The van der Waals surface area contributed by atoms with Gasteiger partial charge in [0.05, 0.1) is 0 Å². The van der Waals surface area contributed by atoms with Gasteiger partial charge in [-0.25, -0.2) is 0 Å². The van der Waals surface area contributed by atoms with Gasteiger partial charge in [0.1, 0.15) is 17.0 Å². The molecule has 2 aromatic rings. The van der Waals surface area contributed by atoms with Crippen LogP contribution in [0.25, 0.3) is 5.69 Å². The third-order valence-electron chi connectivity index (χ3n) is 2.13. The Morgan fingerprint density at radius 1 is 1.18 bits per heavy atom. The Hall–Kier alpha value is -1.91. The molecule has 1 aromatic carbocycles. The predicted molar refractivity (Wildman–Crippen MR) is 64.3 cm³/mol. The predicted octanol–water partition coefficient (Wildman–Crippen LogP) is 2.15. The third kappa shape index (κ3) is 2.61. The number of tetrazole rings is 1. The summed E-state index contributed by atoms with van der Waals surface area (Å²) in [5.74, 6) is 1.50. The van der Waals surface area contributed by atoms with Crippen LogP contribution in [0.4, 0.5) is 0 Å². The van der Waals surface area contributed by atoms with E-state index in [0.29, 0.717) is 0 Å². The average molecular weight is 232 g/mol. The Morgan fingerprint density at radius 2 is 1.88 bits per heavy atom. The summed E-state index contributed by atoms with van der Waals surface area (Å²) in [7, 11) is 0. The standard InChI is InChI=1S/C12H16N4O/c1-9-13-14-15-16(9)10-7-5-6-8-11(10)17-12(2,3)4/h5-8H,1-4H3. The molecule has 0 bridgehead atoms. The average Bonchev–Trinajstić information content (AvgIpc) is 2.63. The van der Waals surface area contributed by atoms with Crippen molar-refractivity contribution >= 4 is 0 Å². The van der Waals surface area contributed by atoms with Crippen LogP contribution in [0.2, 0.25) is 0 Å². The zero-order valence-electron chi connectivity index (χ0n) is 10.5. The van der Waals surface area contributed by atoms with E-state index in [2.05, 4.69) is 15.5 Å². The molecule has 0 radical (unpaired) electrons. The summed E-state index contributed by atoms with van der Waals surface area (Å²) in [5, 5.41) is 11.5. The number of hydrogen-bond donors (Lipinski definition) is 0. The van der Waals surface area contributed by atoms with E-state index >= 15 is 0 Å². The van der Waals surface area contributed by atoms with Gasteiger partial charge >= 0.3 is 0 Å². The quantitative estimate of drug-likeness (QED) is 0.796. The molecular formula is C12H16N4O. The number of nitrogens with zero attached hydrogens (tertiary/aromatic N) is 4. The van der Waals surface area contributed by atoms with E-state index in [1.165, 1.54) is 0 Å². The zero-order chi connectivity index (χ0) is 12.5. The maximum atomic E-state index is 5.90. The lowest BCUT2D eigenvalue weighted by Gasteiger charge is -2.23. The fourth-order valence-electron chi connectivity index (χ4n) is 1.50. The van der Waals surface area contributed by atoms with Gasteiger partial charge < -0.3 is 4.74 Å². The molecule has 0 fully saturated rings. The highest BCUT2D eigenvalue weighted by Crippen LogP contribution is 2.25. The Morgan fingerprint density at radius 3 is 2.47 bits per heavy atom. The molecular weight excluding hydrogens is 216 g/mol. The van der Waals surface area contributed by atoms with Crippen molar-refractivity contribution < 1.29 is 4.74 Å². The van der Waals surface area contributed by atoms with Crippen LogP contribution in [0.15, 0.2) is 24.3 Å². The molecule has 0 spiro atoms. The molecule has 17 heavy (non-hydrogen) atoms. The number of rotatable bonds is 2. The molecule has 0 aliphatic heterocycles. The van der Waals surface area contributed by atoms with E-state index in [1.807, 2.05) is 52.0 Å². The van der Waals surface area contributed by atoms with Crippen LogP contribution in [0.1, 0.15) is 26.6 Å². The second-order valence-electron chi connectivity index (χ2n) is 4.82. The maximum absolute atomic E-state index is 5.90. The summed E-state index contributed by atoms with van der Waals surface area (Å²) in [4.78, 5) is 0. The van der Waals surface area contributed by atoms with Gasteiger partial charge in [-0.1, -0.05) is 12.1 Å². The van der Waals surface area contributed by atoms with E-state index in [1.54, 1.807) is 4.68 Å². The molecule has 0 N–H and O–H groups in total. The second-order valence-corrected chi connectivity index (χ2v) is 4.82. The fourth-order valence-corrected chi connectivity index (χ4v) is 1.50. The van der Waals surface area contributed by atoms with Gasteiger partial charge in [-0.15, -0.1) is 5.10 Å². The number of aromatic nitrogens is 4. The van der Waals surface area contributed by atoms with E-state index < -0.39 is 0 Å². The van der Waals surface area contributed by atoms with Gasteiger partial charge in [0.25, 0.3) is 0 Å². The maximum Gasteiger partial charge on any atom is 0.153 e. The van der Waals surface area contributed by atoms with Gasteiger partial charge in [-0.05, 0) is 50.3 Å². The topological polar surface area (TPSA) is 52.8 Å². The first-order chi connectivity index (χ1) is 7.97. The molecule has 5 heteroatoms. The van der Waals surface area contributed by atoms with E-state index in [9.17, 15) is 0 Å². The minimum atomic E-state index is -0.252. The van der Waals surface area contributed by atoms with Crippen molar-refractivity contribution in [3.63, 3.8) is 0 Å².